The van der Waals surface area contributed by atoms with Gasteiger partial charge in [-0.3, -0.25) is 14.5 Å². The second-order valence-electron chi connectivity index (χ2n) is 9.39. The van der Waals surface area contributed by atoms with Crippen LogP contribution in [0.15, 0.2) is 23.6 Å². The normalized spacial score (nSPS) is 19.2. The molecule has 0 unspecified atom stereocenters. The minimum atomic E-state index is 0.174. The molecule has 1 aromatic heterocycles. The van der Waals surface area contributed by atoms with Gasteiger partial charge in [0.25, 0.3) is 0 Å². The van der Waals surface area contributed by atoms with Crippen molar-refractivity contribution >= 4 is 34.0 Å². The van der Waals surface area contributed by atoms with Gasteiger partial charge >= 0.3 is 0 Å². The number of hydrogen-bond donors (Lipinski definition) is 0. The van der Waals surface area contributed by atoms with E-state index in [2.05, 4.69) is 18.2 Å². The van der Waals surface area contributed by atoms with E-state index < -0.39 is 0 Å². The Morgan fingerprint density at radius 2 is 1.94 bits per heavy atom. The fourth-order valence-corrected chi connectivity index (χ4v) is 5.79. The number of anilines is 2. The summed E-state index contributed by atoms with van der Waals surface area (Å²) in [6.45, 7) is 0.830. The SMILES string of the molecule is CN(C(=O)CC1CCCCC1)c1nc(-c2ccc3c(c2)CCCN3C(=O)C2CC2)cs1. The summed E-state index contributed by atoms with van der Waals surface area (Å²) in [4.78, 5) is 33.9. The summed E-state index contributed by atoms with van der Waals surface area (Å²) in [5.74, 6) is 1.24. The van der Waals surface area contributed by atoms with E-state index in [0.29, 0.717) is 18.2 Å². The van der Waals surface area contributed by atoms with E-state index in [1.54, 1.807) is 4.90 Å². The monoisotopic (exact) mass is 437 g/mol. The van der Waals surface area contributed by atoms with Crippen molar-refractivity contribution in [3.63, 3.8) is 0 Å². The second-order valence-corrected chi connectivity index (χ2v) is 10.2. The molecule has 2 heterocycles. The molecular weight excluding hydrogens is 406 g/mol. The highest BCUT2D eigenvalue weighted by Gasteiger charge is 2.35. The van der Waals surface area contributed by atoms with Crippen LogP contribution in [0.1, 0.15) is 63.4 Å². The van der Waals surface area contributed by atoms with Gasteiger partial charge in [-0.2, -0.15) is 0 Å². The highest BCUT2D eigenvalue weighted by molar-refractivity contribution is 7.14. The summed E-state index contributed by atoms with van der Waals surface area (Å²) in [5, 5.41) is 2.80. The Morgan fingerprint density at radius 3 is 2.71 bits per heavy atom. The van der Waals surface area contributed by atoms with E-state index in [4.69, 9.17) is 4.98 Å². The number of fused-ring (bicyclic) bond motifs is 1. The molecule has 2 aromatic rings. The first kappa shape index (κ1) is 20.7. The van der Waals surface area contributed by atoms with Crippen LogP contribution in [0, 0.1) is 11.8 Å². The summed E-state index contributed by atoms with van der Waals surface area (Å²) in [5.41, 5.74) is 4.28. The Balaban J connectivity index is 1.30. The Hall–Kier alpha value is -2.21. The van der Waals surface area contributed by atoms with E-state index in [0.717, 1.165) is 54.3 Å². The van der Waals surface area contributed by atoms with Crippen LogP contribution in [0.5, 0.6) is 0 Å². The van der Waals surface area contributed by atoms with Crippen LogP contribution in [0.2, 0.25) is 0 Å². The molecule has 0 spiro atoms. The maximum atomic E-state index is 12.8. The van der Waals surface area contributed by atoms with Crippen LogP contribution in [-0.2, 0) is 16.0 Å². The lowest BCUT2D eigenvalue weighted by Gasteiger charge is -2.30. The summed E-state index contributed by atoms with van der Waals surface area (Å²) in [6.07, 6.45) is 10.9. The molecule has 164 valence electrons. The minimum Gasteiger partial charge on any atom is -0.312 e. The van der Waals surface area contributed by atoms with Crippen molar-refractivity contribution in [3.05, 3.63) is 29.1 Å². The van der Waals surface area contributed by atoms with Gasteiger partial charge in [0.1, 0.15) is 0 Å². The van der Waals surface area contributed by atoms with E-state index in [1.165, 1.54) is 49.0 Å². The van der Waals surface area contributed by atoms with E-state index >= 15 is 0 Å². The third-order valence-corrected chi connectivity index (χ3v) is 7.94. The van der Waals surface area contributed by atoms with Gasteiger partial charge in [0, 0.05) is 42.6 Å². The zero-order valence-corrected chi connectivity index (χ0v) is 19.1. The molecule has 0 bridgehead atoms. The molecule has 2 amide bonds. The van der Waals surface area contributed by atoms with Crippen LogP contribution in [0.4, 0.5) is 10.8 Å². The van der Waals surface area contributed by atoms with Crippen molar-refractivity contribution in [2.45, 2.75) is 64.2 Å². The molecule has 1 aliphatic heterocycles. The van der Waals surface area contributed by atoms with Crippen LogP contribution in [0.3, 0.4) is 0 Å². The lowest BCUT2D eigenvalue weighted by Crippen LogP contribution is -2.36. The zero-order chi connectivity index (χ0) is 21.4. The fourth-order valence-electron chi connectivity index (χ4n) is 4.97. The molecule has 2 saturated carbocycles. The van der Waals surface area contributed by atoms with Gasteiger partial charge in [-0.15, -0.1) is 11.3 Å². The number of aromatic nitrogens is 1. The molecular formula is C25H31N3O2S. The van der Waals surface area contributed by atoms with Gasteiger partial charge in [0.05, 0.1) is 5.69 Å². The van der Waals surface area contributed by atoms with Gasteiger partial charge in [0.2, 0.25) is 11.8 Å². The first-order valence-electron chi connectivity index (χ1n) is 11.8. The molecule has 3 aliphatic rings. The Morgan fingerprint density at radius 1 is 1.13 bits per heavy atom. The summed E-state index contributed by atoms with van der Waals surface area (Å²) in [7, 11) is 1.85. The molecule has 0 atom stereocenters. The summed E-state index contributed by atoms with van der Waals surface area (Å²) < 4.78 is 0. The molecule has 0 N–H and O–H groups in total. The van der Waals surface area contributed by atoms with Gasteiger partial charge < -0.3 is 4.90 Å². The average molecular weight is 438 g/mol. The molecule has 0 radical (unpaired) electrons. The zero-order valence-electron chi connectivity index (χ0n) is 18.3. The second kappa shape index (κ2) is 8.73. The maximum absolute atomic E-state index is 12.8. The predicted octanol–water partition coefficient (Wildman–Crippen LogP) is 5.43. The van der Waals surface area contributed by atoms with E-state index in [9.17, 15) is 9.59 Å². The van der Waals surface area contributed by atoms with Crippen molar-refractivity contribution in [1.29, 1.82) is 0 Å². The predicted molar refractivity (Wildman–Crippen MR) is 126 cm³/mol. The van der Waals surface area contributed by atoms with Crippen molar-refractivity contribution in [2.75, 3.05) is 23.4 Å². The van der Waals surface area contributed by atoms with Crippen molar-refractivity contribution < 1.29 is 9.59 Å². The number of aryl methyl sites for hydroxylation is 1. The number of carbonyl (C=O) groups excluding carboxylic acids is 2. The van der Waals surface area contributed by atoms with Crippen LogP contribution in [-0.4, -0.2) is 30.4 Å². The third-order valence-electron chi connectivity index (χ3n) is 7.03. The maximum Gasteiger partial charge on any atom is 0.230 e. The van der Waals surface area contributed by atoms with Crippen LogP contribution >= 0.6 is 11.3 Å². The molecule has 31 heavy (non-hydrogen) atoms. The largest absolute Gasteiger partial charge is 0.312 e. The fraction of sp³-hybridized carbons (Fsp3) is 0.560. The minimum absolute atomic E-state index is 0.174. The van der Waals surface area contributed by atoms with Gasteiger partial charge in [-0.1, -0.05) is 25.3 Å². The van der Waals surface area contributed by atoms with Gasteiger partial charge in [-0.25, -0.2) is 4.98 Å². The first-order valence-corrected chi connectivity index (χ1v) is 12.6. The van der Waals surface area contributed by atoms with Crippen molar-refractivity contribution in [2.24, 2.45) is 11.8 Å². The highest BCUT2D eigenvalue weighted by atomic mass is 32.1. The Labute approximate surface area is 188 Å². The molecule has 5 rings (SSSR count). The first-order chi connectivity index (χ1) is 15.1. The number of amides is 2. The van der Waals surface area contributed by atoms with E-state index in [1.807, 2.05) is 17.3 Å². The summed E-state index contributed by atoms with van der Waals surface area (Å²) >= 11 is 1.53. The topological polar surface area (TPSA) is 53.5 Å². The Bertz CT molecular complexity index is 975. The number of carbonyl (C=O) groups is 2. The average Bonchev–Trinajstić information content (AvgIpc) is 3.54. The number of benzene rings is 1. The molecule has 5 nitrogen and oxygen atoms in total. The third kappa shape index (κ3) is 4.40. The molecule has 2 aliphatic carbocycles. The number of rotatable bonds is 5. The molecule has 1 aromatic carbocycles. The van der Waals surface area contributed by atoms with Gasteiger partial charge in [-0.05, 0) is 62.1 Å². The van der Waals surface area contributed by atoms with Crippen molar-refractivity contribution in [3.8, 4) is 11.3 Å². The number of hydrogen-bond acceptors (Lipinski definition) is 4. The lowest BCUT2D eigenvalue weighted by molar-refractivity contribution is -0.120. The standard InChI is InChI=1S/C25H31N3O2S/c1-27(23(29)14-17-6-3-2-4-7-17)25-26-21(16-31-25)19-11-12-22-20(15-19)8-5-13-28(22)24(30)18-9-10-18/h11-12,15-18H,2-10,13-14H2,1H3. The number of thiazole rings is 1. The molecule has 6 heteroatoms. The van der Waals surface area contributed by atoms with Crippen LogP contribution in [0.25, 0.3) is 11.3 Å². The van der Waals surface area contributed by atoms with Crippen molar-refractivity contribution in [1.82, 2.24) is 4.98 Å². The lowest BCUT2D eigenvalue weighted by atomic mass is 9.87. The van der Waals surface area contributed by atoms with E-state index in [-0.39, 0.29) is 11.8 Å². The smallest absolute Gasteiger partial charge is 0.230 e. The Kier molecular flexibility index (Phi) is 5.83. The highest BCUT2D eigenvalue weighted by Crippen LogP contribution is 2.38. The quantitative estimate of drug-likeness (QED) is 0.626. The van der Waals surface area contributed by atoms with Gasteiger partial charge in [0.15, 0.2) is 5.13 Å². The number of nitrogens with zero attached hydrogens (tertiary/aromatic N) is 3. The summed E-state index contributed by atoms with van der Waals surface area (Å²) in [6, 6.07) is 6.34. The van der Waals surface area contributed by atoms with Crippen LogP contribution < -0.4 is 9.80 Å². The molecule has 0 saturated heterocycles. The molecule has 2 fully saturated rings.